The van der Waals surface area contributed by atoms with E-state index in [-0.39, 0.29) is 11.8 Å². The SMILES string of the molecule is O=[N+]([O-])c1cc(F)cc(CN2CC(O)C2)c1. The molecule has 1 heterocycles. The van der Waals surface area contributed by atoms with Crippen molar-refractivity contribution in [2.24, 2.45) is 0 Å². The molecule has 0 bridgehead atoms. The van der Waals surface area contributed by atoms with Crippen LogP contribution in [-0.2, 0) is 6.54 Å². The molecule has 1 aliphatic heterocycles. The number of rotatable bonds is 3. The van der Waals surface area contributed by atoms with Crippen molar-refractivity contribution in [1.82, 2.24) is 4.90 Å². The number of nitro benzene ring substituents is 1. The largest absolute Gasteiger partial charge is 0.390 e. The summed E-state index contributed by atoms with van der Waals surface area (Å²) in [7, 11) is 0. The number of aliphatic hydroxyl groups is 1. The number of benzene rings is 1. The van der Waals surface area contributed by atoms with Crippen LogP contribution >= 0.6 is 0 Å². The van der Waals surface area contributed by atoms with Crippen LogP contribution in [0, 0.1) is 15.9 Å². The molecular weight excluding hydrogens is 215 g/mol. The lowest BCUT2D eigenvalue weighted by Crippen LogP contribution is -2.49. The first kappa shape index (κ1) is 11.0. The Morgan fingerprint density at radius 1 is 1.50 bits per heavy atom. The summed E-state index contributed by atoms with van der Waals surface area (Å²) in [5, 5.41) is 19.6. The van der Waals surface area contributed by atoms with Crippen LogP contribution in [0.5, 0.6) is 0 Å². The monoisotopic (exact) mass is 226 g/mol. The molecular formula is C10H11FN2O3. The molecule has 1 aliphatic rings. The van der Waals surface area contributed by atoms with Crippen molar-refractivity contribution in [3.05, 3.63) is 39.7 Å². The number of hydrogen-bond acceptors (Lipinski definition) is 4. The van der Waals surface area contributed by atoms with Gasteiger partial charge in [0.1, 0.15) is 5.82 Å². The van der Waals surface area contributed by atoms with E-state index >= 15 is 0 Å². The summed E-state index contributed by atoms with van der Waals surface area (Å²) in [4.78, 5) is 11.8. The Kier molecular flexibility index (Phi) is 2.84. The van der Waals surface area contributed by atoms with Crippen LogP contribution in [0.15, 0.2) is 18.2 Å². The number of aliphatic hydroxyl groups excluding tert-OH is 1. The fourth-order valence-electron chi connectivity index (χ4n) is 1.76. The quantitative estimate of drug-likeness (QED) is 0.614. The molecule has 0 saturated carbocycles. The molecule has 0 spiro atoms. The molecule has 0 unspecified atom stereocenters. The number of non-ortho nitro benzene ring substituents is 1. The first-order valence-electron chi connectivity index (χ1n) is 4.89. The summed E-state index contributed by atoms with van der Waals surface area (Å²) in [6.45, 7) is 1.49. The molecule has 2 rings (SSSR count). The van der Waals surface area contributed by atoms with Crippen LogP contribution in [0.4, 0.5) is 10.1 Å². The van der Waals surface area contributed by atoms with Gasteiger partial charge in [-0.25, -0.2) is 4.39 Å². The van der Waals surface area contributed by atoms with Gasteiger partial charge in [0.25, 0.3) is 5.69 Å². The maximum Gasteiger partial charge on any atom is 0.272 e. The van der Waals surface area contributed by atoms with E-state index in [0.717, 1.165) is 6.07 Å². The van der Waals surface area contributed by atoms with E-state index in [9.17, 15) is 14.5 Å². The van der Waals surface area contributed by atoms with Crippen LogP contribution < -0.4 is 0 Å². The normalized spacial score (nSPS) is 17.1. The van der Waals surface area contributed by atoms with E-state index in [1.165, 1.54) is 12.1 Å². The first-order chi connectivity index (χ1) is 7.54. The number of nitrogens with zero attached hydrogens (tertiary/aromatic N) is 2. The summed E-state index contributed by atoms with van der Waals surface area (Å²) in [5.41, 5.74) is 0.315. The van der Waals surface area contributed by atoms with Gasteiger partial charge in [-0.05, 0) is 11.6 Å². The van der Waals surface area contributed by atoms with Crippen LogP contribution in [0.25, 0.3) is 0 Å². The lowest BCUT2D eigenvalue weighted by molar-refractivity contribution is -0.385. The number of hydrogen-bond donors (Lipinski definition) is 1. The molecule has 16 heavy (non-hydrogen) atoms. The lowest BCUT2D eigenvalue weighted by atomic mass is 10.1. The van der Waals surface area contributed by atoms with Crippen molar-refractivity contribution in [2.45, 2.75) is 12.6 Å². The minimum absolute atomic E-state index is 0.240. The summed E-state index contributed by atoms with van der Waals surface area (Å²) in [6.07, 6.45) is -0.330. The Bertz CT molecular complexity index is 419. The summed E-state index contributed by atoms with van der Waals surface area (Å²) in [6, 6.07) is 3.53. The lowest BCUT2D eigenvalue weighted by Gasteiger charge is -2.35. The summed E-state index contributed by atoms with van der Waals surface area (Å²) in [5.74, 6) is -0.606. The highest BCUT2D eigenvalue weighted by Crippen LogP contribution is 2.19. The van der Waals surface area contributed by atoms with Crippen molar-refractivity contribution in [1.29, 1.82) is 0 Å². The van der Waals surface area contributed by atoms with E-state index in [1.807, 2.05) is 4.90 Å². The second kappa shape index (κ2) is 4.15. The number of β-amino-alcohol motifs (C(OH)–C–C–N with tert-alkyl or cyclic N) is 1. The summed E-state index contributed by atoms with van der Waals surface area (Å²) >= 11 is 0. The molecule has 86 valence electrons. The van der Waals surface area contributed by atoms with Crippen LogP contribution in [0.1, 0.15) is 5.56 Å². The smallest absolute Gasteiger partial charge is 0.272 e. The second-order valence-corrected chi connectivity index (χ2v) is 3.92. The highest BCUT2D eigenvalue weighted by molar-refractivity contribution is 5.35. The van der Waals surface area contributed by atoms with Crippen LogP contribution in [0.3, 0.4) is 0 Å². The van der Waals surface area contributed by atoms with Gasteiger partial charge in [0.2, 0.25) is 0 Å². The average Bonchev–Trinajstić information content (AvgIpc) is 2.14. The maximum atomic E-state index is 13.1. The van der Waals surface area contributed by atoms with Crippen molar-refractivity contribution in [3.63, 3.8) is 0 Å². The Hall–Kier alpha value is -1.53. The van der Waals surface area contributed by atoms with Crippen LogP contribution in [0.2, 0.25) is 0 Å². The third kappa shape index (κ3) is 2.34. The van der Waals surface area contributed by atoms with Gasteiger partial charge in [0.05, 0.1) is 17.1 Å². The fraction of sp³-hybridized carbons (Fsp3) is 0.400. The highest BCUT2D eigenvalue weighted by atomic mass is 19.1. The first-order valence-corrected chi connectivity index (χ1v) is 4.89. The van der Waals surface area contributed by atoms with Crippen molar-refractivity contribution in [2.75, 3.05) is 13.1 Å². The van der Waals surface area contributed by atoms with Gasteiger partial charge in [-0.1, -0.05) is 0 Å². The molecule has 6 heteroatoms. The molecule has 1 aromatic rings. The van der Waals surface area contributed by atoms with Crippen molar-refractivity contribution >= 4 is 5.69 Å². The topological polar surface area (TPSA) is 66.6 Å². The van der Waals surface area contributed by atoms with E-state index in [2.05, 4.69) is 0 Å². The molecule has 1 N–H and O–H groups in total. The zero-order valence-electron chi connectivity index (χ0n) is 8.47. The van der Waals surface area contributed by atoms with Crippen LogP contribution in [-0.4, -0.2) is 34.1 Å². The molecule has 0 aromatic heterocycles. The van der Waals surface area contributed by atoms with Gasteiger partial charge in [-0.3, -0.25) is 15.0 Å². The third-order valence-electron chi connectivity index (χ3n) is 2.50. The zero-order chi connectivity index (χ0) is 11.7. The van der Waals surface area contributed by atoms with Crippen molar-refractivity contribution < 1.29 is 14.4 Å². The minimum atomic E-state index is -0.614. The molecule has 1 saturated heterocycles. The molecule has 0 aliphatic carbocycles. The standard InChI is InChI=1S/C10H11FN2O3/c11-8-1-7(2-9(3-8)13(15)16)4-12-5-10(14)6-12/h1-3,10,14H,4-6H2. The van der Waals surface area contributed by atoms with Gasteiger partial charge in [-0.15, -0.1) is 0 Å². The zero-order valence-corrected chi connectivity index (χ0v) is 8.47. The fourth-order valence-corrected chi connectivity index (χ4v) is 1.76. The van der Waals surface area contributed by atoms with E-state index in [4.69, 9.17) is 5.11 Å². The molecule has 1 fully saturated rings. The second-order valence-electron chi connectivity index (χ2n) is 3.92. The number of likely N-dealkylation sites (tertiary alicyclic amines) is 1. The summed E-state index contributed by atoms with van der Waals surface area (Å²) < 4.78 is 13.1. The van der Waals surface area contributed by atoms with Gasteiger partial charge in [0, 0.05) is 25.7 Å². The van der Waals surface area contributed by atoms with Gasteiger partial charge in [-0.2, -0.15) is 0 Å². The molecule has 0 atom stereocenters. The van der Waals surface area contributed by atoms with Crippen molar-refractivity contribution in [3.8, 4) is 0 Å². The molecule has 0 amide bonds. The molecule has 0 radical (unpaired) electrons. The highest BCUT2D eigenvalue weighted by Gasteiger charge is 2.24. The number of nitro groups is 1. The Morgan fingerprint density at radius 2 is 2.19 bits per heavy atom. The predicted molar refractivity (Wildman–Crippen MR) is 54.3 cm³/mol. The third-order valence-corrected chi connectivity index (χ3v) is 2.50. The van der Waals surface area contributed by atoms with E-state index < -0.39 is 10.7 Å². The van der Waals surface area contributed by atoms with E-state index in [0.29, 0.717) is 25.2 Å². The predicted octanol–water partition coefficient (Wildman–Crippen LogP) is 0.910. The Balaban J connectivity index is 2.11. The Labute approximate surface area is 91.3 Å². The maximum absolute atomic E-state index is 13.1. The van der Waals surface area contributed by atoms with E-state index in [1.54, 1.807) is 0 Å². The van der Waals surface area contributed by atoms with Gasteiger partial charge in [0.15, 0.2) is 0 Å². The molecule has 1 aromatic carbocycles. The van der Waals surface area contributed by atoms with Gasteiger partial charge >= 0.3 is 0 Å². The number of halogens is 1. The Morgan fingerprint density at radius 3 is 2.75 bits per heavy atom. The average molecular weight is 226 g/mol. The van der Waals surface area contributed by atoms with Gasteiger partial charge < -0.3 is 5.11 Å². The molecule has 5 nitrogen and oxygen atoms in total. The minimum Gasteiger partial charge on any atom is -0.390 e.